The van der Waals surface area contributed by atoms with Crippen molar-refractivity contribution in [2.75, 3.05) is 0 Å². The van der Waals surface area contributed by atoms with E-state index in [0.29, 0.717) is 22.8 Å². The van der Waals surface area contributed by atoms with Crippen molar-refractivity contribution < 1.29 is 9.90 Å². The smallest absolute Gasteiger partial charge is 0.298 e. The Kier molecular flexibility index (Phi) is 4.02. The number of benzene rings is 3. The third-order valence-corrected chi connectivity index (χ3v) is 4.93. The lowest BCUT2D eigenvalue weighted by Gasteiger charge is -2.06. The van der Waals surface area contributed by atoms with Crippen molar-refractivity contribution in [2.45, 2.75) is 6.54 Å². The molecule has 0 radical (unpaired) electrons. The maximum Gasteiger partial charge on any atom is 0.298 e. The van der Waals surface area contributed by atoms with Gasteiger partial charge in [0.2, 0.25) is 5.88 Å². The molecule has 0 bridgehead atoms. The average molecular weight is 380 g/mol. The Hall–Kier alpha value is -4.06. The van der Waals surface area contributed by atoms with Crippen molar-refractivity contribution in [3.63, 3.8) is 0 Å². The number of aromatic hydroxyl groups is 1. The molecule has 0 unspecified atom stereocenters. The predicted molar refractivity (Wildman–Crippen MR) is 109 cm³/mol. The number of carbonyl (C=O) groups is 1. The zero-order valence-corrected chi connectivity index (χ0v) is 15.4. The molecule has 2 heterocycles. The summed E-state index contributed by atoms with van der Waals surface area (Å²) in [4.78, 5) is 16.2. The fourth-order valence-electron chi connectivity index (χ4n) is 3.54. The highest BCUT2D eigenvalue weighted by molar-refractivity contribution is 6.14. The molecule has 29 heavy (non-hydrogen) atoms. The van der Waals surface area contributed by atoms with Crippen molar-refractivity contribution in [3.05, 3.63) is 95.0 Å². The summed E-state index contributed by atoms with van der Waals surface area (Å²) in [7, 11) is 0. The fourth-order valence-corrected chi connectivity index (χ4v) is 3.54. The minimum atomic E-state index is -0.428. The van der Waals surface area contributed by atoms with Crippen LogP contribution in [-0.4, -0.2) is 15.6 Å². The van der Waals surface area contributed by atoms with E-state index in [1.807, 2.05) is 66.7 Å². The second-order valence-corrected chi connectivity index (χ2v) is 6.74. The van der Waals surface area contributed by atoms with Crippen molar-refractivity contribution in [1.29, 1.82) is 0 Å². The molecule has 6 heteroatoms. The maximum atomic E-state index is 12.2. The molecule has 0 atom stereocenters. The fraction of sp³-hybridized carbons (Fsp3) is 0.0435. The van der Waals surface area contributed by atoms with Crippen LogP contribution in [0.5, 0.6) is 5.88 Å². The highest BCUT2D eigenvalue weighted by Gasteiger charge is 2.19. The zero-order chi connectivity index (χ0) is 19.8. The molecule has 6 nitrogen and oxygen atoms in total. The van der Waals surface area contributed by atoms with Crippen molar-refractivity contribution in [1.82, 2.24) is 4.57 Å². The van der Waals surface area contributed by atoms with Crippen molar-refractivity contribution in [3.8, 4) is 5.88 Å². The van der Waals surface area contributed by atoms with Gasteiger partial charge in [-0.15, -0.1) is 10.2 Å². The number of hydrogen-bond donors (Lipinski definition) is 1. The van der Waals surface area contributed by atoms with Crippen LogP contribution in [0.3, 0.4) is 0 Å². The van der Waals surface area contributed by atoms with Gasteiger partial charge in [0.25, 0.3) is 5.91 Å². The van der Waals surface area contributed by atoms with E-state index in [0.717, 1.165) is 16.5 Å². The highest BCUT2D eigenvalue weighted by atomic mass is 16.3. The first-order valence-corrected chi connectivity index (χ1v) is 9.20. The SMILES string of the molecule is O=C1N=c2ccccc2=C1N=Nc1c(O)n(Cc2ccccc2)c2ccccc12. The van der Waals surface area contributed by atoms with Gasteiger partial charge < -0.3 is 9.67 Å². The lowest BCUT2D eigenvalue weighted by atomic mass is 10.2. The average Bonchev–Trinajstić information content (AvgIpc) is 3.21. The summed E-state index contributed by atoms with van der Waals surface area (Å²) in [6.07, 6.45) is 0. The third-order valence-electron chi connectivity index (χ3n) is 4.93. The summed E-state index contributed by atoms with van der Waals surface area (Å²) in [6.45, 7) is 0.496. The van der Waals surface area contributed by atoms with Gasteiger partial charge in [-0.1, -0.05) is 66.7 Å². The maximum absolute atomic E-state index is 12.2. The van der Waals surface area contributed by atoms with Crippen LogP contribution in [0.2, 0.25) is 0 Å². The number of nitrogens with zero attached hydrogens (tertiary/aromatic N) is 4. The van der Waals surface area contributed by atoms with Crippen LogP contribution in [0.1, 0.15) is 5.56 Å². The number of para-hydroxylation sites is 2. The van der Waals surface area contributed by atoms with Crippen LogP contribution in [-0.2, 0) is 11.3 Å². The van der Waals surface area contributed by atoms with Gasteiger partial charge in [0, 0.05) is 10.6 Å². The molecule has 140 valence electrons. The molecule has 3 aromatic carbocycles. The van der Waals surface area contributed by atoms with Gasteiger partial charge in [0.15, 0.2) is 11.4 Å². The van der Waals surface area contributed by atoms with Gasteiger partial charge in [-0.05, 0) is 17.7 Å². The van der Waals surface area contributed by atoms with Crippen molar-refractivity contribution in [2.24, 2.45) is 15.2 Å². The molecule has 0 saturated heterocycles. The Morgan fingerprint density at radius 3 is 2.45 bits per heavy atom. The summed E-state index contributed by atoms with van der Waals surface area (Å²) in [5.74, 6) is -0.419. The molecule has 0 fully saturated rings. The van der Waals surface area contributed by atoms with Gasteiger partial charge in [-0.3, -0.25) is 4.79 Å². The highest BCUT2D eigenvalue weighted by Crippen LogP contribution is 2.39. The van der Waals surface area contributed by atoms with Gasteiger partial charge in [-0.2, -0.15) is 0 Å². The number of hydrogen-bond acceptors (Lipinski definition) is 4. The van der Waals surface area contributed by atoms with Crippen LogP contribution in [0.15, 0.2) is 94.1 Å². The topological polar surface area (TPSA) is 79.3 Å². The zero-order valence-electron chi connectivity index (χ0n) is 15.4. The van der Waals surface area contributed by atoms with E-state index < -0.39 is 5.91 Å². The number of rotatable bonds is 4. The van der Waals surface area contributed by atoms with E-state index in [9.17, 15) is 9.90 Å². The van der Waals surface area contributed by atoms with Crippen LogP contribution in [0.4, 0.5) is 5.69 Å². The number of fused-ring (bicyclic) bond motifs is 2. The van der Waals surface area contributed by atoms with E-state index in [4.69, 9.17) is 0 Å². The van der Waals surface area contributed by atoms with E-state index >= 15 is 0 Å². The standard InChI is InChI=1S/C23H16N4O2/c28-22-20(16-10-4-6-12-18(16)24-22)25-26-21-17-11-5-7-13-19(17)27(23(21)29)14-15-8-2-1-3-9-15/h1-13,29H,14H2. The monoisotopic (exact) mass is 380 g/mol. The molecular weight excluding hydrogens is 364 g/mol. The number of aromatic nitrogens is 1. The van der Waals surface area contributed by atoms with Gasteiger partial charge in [-0.25, -0.2) is 4.99 Å². The molecule has 1 aliphatic rings. The van der Waals surface area contributed by atoms with Crippen LogP contribution < -0.4 is 10.6 Å². The van der Waals surface area contributed by atoms with E-state index in [1.54, 1.807) is 16.7 Å². The molecule has 0 saturated carbocycles. The second kappa shape index (κ2) is 6.83. The molecule has 1 aromatic heterocycles. The Bertz CT molecular complexity index is 1400. The molecule has 1 aliphatic heterocycles. The Morgan fingerprint density at radius 2 is 1.59 bits per heavy atom. The molecule has 0 aliphatic carbocycles. The molecule has 4 aromatic rings. The minimum absolute atomic E-state index is 0.00933. The van der Waals surface area contributed by atoms with E-state index in [-0.39, 0.29) is 11.6 Å². The number of carbonyl (C=O) groups excluding carboxylic acids is 1. The minimum Gasteiger partial charge on any atom is -0.493 e. The lowest BCUT2D eigenvalue weighted by molar-refractivity contribution is -0.112. The Morgan fingerprint density at radius 1 is 0.862 bits per heavy atom. The normalized spacial score (nSPS) is 13.2. The summed E-state index contributed by atoms with van der Waals surface area (Å²) in [5, 5.41) is 21.3. The first-order valence-electron chi connectivity index (χ1n) is 9.20. The first kappa shape index (κ1) is 17.1. The van der Waals surface area contributed by atoms with E-state index in [2.05, 4.69) is 15.2 Å². The van der Waals surface area contributed by atoms with Crippen LogP contribution in [0.25, 0.3) is 16.6 Å². The van der Waals surface area contributed by atoms with Gasteiger partial charge in [0.05, 0.1) is 17.4 Å². The first-order chi connectivity index (χ1) is 14.2. The molecule has 1 amide bonds. The summed E-state index contributed by atoms with van der Waals surface area (Å²) < 4.78 is 1.79. The second-order valence-electron chi connectivity index (χ2n) is 6.74. The largest absolute Gasteiger partial charge is 0.493 e. The molecule has 0 spiro atoms. The number of amides is 1. The van der Waals surface area contributed by atoms with Crippen molar-refractivity contribution >= 4 is 28.2 Å². The predicted octanol–water partition coefficient (Wildman–Crippen LogP) is 3.45. The summed E-state index contributed by atoms with van der Waals surface area (Å²) in [6, 6.07) is 24.7. The van der Waals surface area contributed by atoms with Crippen LogP contribution in [0, 0.1) is 0 Å². The lowest BCUT2D eigenvalue weighted by Crippen LogP contribution is -2.21. The molecule has 1 N–H and O–H groups in total. The van der Waals surface area contributed by atoms with Gasteiger partial charge in [0.1, 0.15) is 0 Å². The summed E-state index contributed by atoms with van der Waals surface area (Å²) >= 11 is 0. The Labute approximate surface area is 165 Å². The quantitative estimate of drug-likeness (QED) is 0.551. The Balaban J connectivity index is 1.64. The third kappa shape index (κ3) is 2.91. The molecular formula is C23H16N4O2. The van der Waals surface area contributed by atoms with E-state index in [1.165, 1.54) is 0 Å². The van der Waals surface area contributed by atoms with Crippen LogP contribution >= 0.6 is 0 Å². The number of azo groups is 1. The van der Waals surface area contributed by atoms with Gasteiger partial charge >= 0.3 is 0 Å². The summed E-state index contributed by atoms with van der Waals surface area (Å²) in [5.41, 5.74) is 2.41. The molecule has 5 rings (SSSR count).